The van der Waals surface area contributed by atoms with E-state index in [4.69, 9.17) is 0 Å². The van der Waals surface area contributed by atoms with Crippen LogP contribution in [0.2, 0.25) is 0 Å². The molecule has 0 amide bonds. The summed E-state index contributed by atoms with van der Waals surface area (Å²) in [6.45, 7) is 0. The standard InChI is InChI=1S/C11H8N4O8/c16-12(17)9-6-5-7-3-1-2-4-8(7)10(9)11(13(18)19,14(20)21)15(22)23/h1-6,9-10H/t9-,10-/m1/s1. The molecule has 1 aromatic rings. The molecule has 23 heavy (non-hydrogen) atoms. The van der Waals surface area contributed by atoms with Crippen molar-refractivity contribution in [3.05, 3.63) is 81.9 Å². The van der Waals surface area contributed by atoms with Crippen LogP contribution in [0.3, 0.4) is 0 Å². The van der Waals surface area contributed by atoms with Crippen LogP contribution >= 0.6 is 0 Å². The van der Waals surface area contributed by atoms with E-state index in [9.17, 15) is 40.5 Å². The highest BCUT2D eigenvalue weighted by molar-refractivity contribution is 5.59. The molecule has 12 heteroatoms. The molecule has 0 aromatic heterocycles. The summed E-state index contributed by atoms with van der Waals surface area (Å²) in [4.78, 5) is 38.9. The maximum absolute atomic E-state index is 11.3. The zero-order chi connectivity index (χ0) is 17.4. The van der Waals surface area contributed by atoms with Crippen LogP contribution in [-0.2, 0) is 0 Å². The first-order valence-electron chi connectivity index (χ1n) is 6.08. The van der Waals surface area contributed by atoms with E-state index in [1.54, 1.807) is 0 Å². The highest BCUT2D eigenvalue weighted by atomic mass is 16.7. The lowest BCUT2D eigenvalue weighted by atomic mass is 9.79. The maximum atomic E-state index is 11.3. The second-order valence-electron chi connectivity index (χ2n) is 4.70. The average molecular weight is 324 g/mol. The van der Waals surface area contributed by atoms with E-state index in [1.807, 2.05) is 0 Å². The Morgan fingerprint density at radius 1 is 0.870 bits per heavy atom. The Labute approximate surface area is 126 Å². The van der Waals surface area contributed by atoms with E-state index in [-0.39, 0.29) is 11.1 Å². The molecule has 0 spiro atoms. The molecule has 12 nitrogen and oxygen atoms in total. The van der Waals surface area contributed by atoms with Gasteiger partial charge >= 0.3 is 5.79 Å². The second-order valence-corrected chi connectivity index (χ2v) is 4.70. The first-order chi connectivity index (χ1) is 10.7. The number of hydrogen-bond acceptors (Lipinski definition) is 8. The Bertz CT molecular complexity index is 709. The number of hydrogen-bond donors (Lipinski definition) is 0. The lowest BCUT2D eigenvalue weighted by Crippen LogP contribution is -2.61. The molecular formula is C11H8N4O8. The molecule has 0 heterocycles. The van der Waals surface area contributed by atoms with Crippen molar-refractivity contribution in [1.82, 2.24) is 0 Å². The molecule has 120 valence electrons. The van der Waals surface area contributed by atoms with Crippen LogP contribution < -0.4 is 0 Å². The molecule has 2 rings (SSSR count). The van der Waals surface area contributed by atoms with Crippen molar-refractivity contribution in [2.75, 3.05) is 0 Å². The number of nitro groups is 4. The number of rotatable bonds is 5. The largest absolute Gasteiger partial charge is 0.714 e. The molecule has 1 aliphatic rings. The van der Waals surface area contributed by atoms with Crippen LogP contribution in [-0.4, -0.2) is 31.5 Å². The number of benzene rings is 1. The van der Waals surface area contributed by atoms with Crippen molar-refractivity contribution < 1.29 is 19.7 Å². The van der Waals surface area contributed by atoms with Gasteiger partial charge in [0.1, 0.15) is 0 Å². The first-order valence-corrected chi connectivity index (χ1v) is 6.08. The molecule has 0 unspecified atom stereocenters. The summed E-state index contributed by atoms with van der Waals surface area (Å²) >= 11 is 0. The fraction of sp³-hybridized carbons (Fsp3) is 0.273. The van der Waals surface area contributed by atoms with Gasteiger partial charge in [-0.15, -0.1) is 0 Å². The molecule has 0 saturated heterocycles. The van der Waals surface area contributed by atoms with Gasteiger partial charge in [-0.2, -0.15) is 0 Å². The fourth-order valence-electron chi connectivity index (χ4n) is 2.61. The lowest BCUT2D eigenvalue weighted by Gasteiger charge is -2.24. The smallest absolute Gasteiger partial charge is 0.264 e. The number of nitrogens with zero attached hydrogens (tertiary/aromatic N) is 4. The van der Waals surface area contributed by atoms with E-state index in [2.05, 4.69) is 0 Å². The van der Waals surface area contributed by atoms with Gasteiger partial charge in [0.2, 0.25) is 0 Å². The summed E-state index contributed by atoms with van der Waals surface area (Å²) in [5.74, 6) is -6.16. The van der Waals surface area contributed by atoms with Crippen molar-refractivity contribution in [2.24, 2.45) is 0 Å². The molecular weight excluding hydrogens is 316 g/mol. The Hall–Kier alpha value is -3.44. The minimum absolute atomic E-state index is 0.193. The van der Waals surface area contributed by atoms with Crippen LogP contribution in [0.4, 0.5) is 0 Å². The Morgan fingerprint density at radius 2 is 1.39 bits per heavy atom. The van der Waals surface area contributed by atoms with Crippen LogP contribution in [0, 0.1) is 40.5 Å². The molecule has 0 aliphatic heterocycles. The van der Waals surface area contributed by atoms with Gasteiger partial charge in [-0.1, -0.05) is 30.3 Å². The van der Waals surface area contributed by atoms with E-state index in [0.717, 1.165) is 6.08 Å². The third-order valence-corrected chi connectivity index (χ3v) is 3.61. The third kappa shape index (κ3) is 2.16. The van der Waals surface area contributed by atoms with Crippen molar-refractivity contribution in [3.8, 4) is 0 Å². The molecule has 2 atom stereocenters. The molecule has 1 aliphatic carbocycles. The highest BCUT2D eigenvalue weighted by Crippen LogP contribution is 2.41. The normalized spacial score (nSPS) is 19.7. The van der Waals surface area contributed by atoms with Crippen LogP contribution in [0.25, 0.3) is 6.08 Å². The predicted molar refractivity (Wildman–Crippen MR) is 72.7 cm³/mol. The zero-order valence-corrected chi connectivity index (χ0v) is 11.2. The van der Waals surface area contributed by atoms with E-state index >= 15 is 0 Å². The van der Waals surface area contributed by atoms with Crippen molar-refractivity contribution in [2.45, 2.75) is 17.7 Å². The van der Waals surface area contributed by atoms with Crippen LogP contribution in [0.1, 0.15) is 17.0 Å². The molecule has 1 aromatic carbocycles. The third-order valence-electron chi connectivity index (χ3n) is 3.61. The maximum Gasteiger partial charge on any atom is 0.714 e. The van der Waals surface area contributed by atoms with Gasteiger partial charge in [0.05, 0.1) is 0 Å². The monoisotopic (exact) mass is 324 g/mol. The summed E-state index contributed by atoms with van der Waals surface area (Å²) in [6.07, 6.45) is 2.14. The second kappa shape index (κ2) is 5.40. The summed E-state index contributed by atoms with van der Waals surface area (Å²) in [7, 11) is 0. The molecule has 0 N–H and O–H groups in total. The predicted octanol–water partition coefficient (Wildman–Crippen LogP) is 0.926. The van der Waals surface area contributed by atoms with Crippen molar-refractivity contribution in [1.29, 1.82) is 0 Å². The minimum Gasteiger partial charge on any atom is -0.264 e. The molecule has 0 bridgehead atoms. The van der Waals surface area contributed by atoms with E-state index in [1.165, 1.54) is 30.3 Å². The van der Waals surface area contributed by atoms with Gasteiger partial charge in [0.25, 0.3) is 12.0 Å². The van der Waals surface area contributed by atoms with Crippen LogP contribution in [0.15, 0.2) is 30.3 Å². The quantitative estimate of drug-likeness (QED) is 0.436. The van der Waals surface area contributed by atoms with E-state index in [0.29, 0.717) is 0 Å². The summed E-state index contributed by atoms with van der Waals surface area (Å²) in [5, 5.41) is 44.9. The number of fused-ring (bicyclic) bond motifs is 1. The van der Waals surface area contributed by atoms with Gasteiger partial charge in [0.15, 0.2) is 14.8 Å². The lowest BCUT2D eigenvalue weighted by molar-refractivity contribution is -0.976. The SMILES string of the molecule is O=[N+]([O-])[C@@H]1C=Cc2ccccc2[C@H]1C([N+](=O)[O-])([N+](=O)[O-])[N+](=O)[O-]. The first kappa shape index (κ1) is 15.9. The van der Waals surface area contributed by atoms with Gasteiger partial charge in [-0.05, 0) is 17.2 Å². The van der Waals surface area contributed by atoms with E-state index < -0.39 is 37.4 Å². The highest BCUT2D eigenvalue weighted by Gasteiger charge is 2.81. The van der Waals surface area contributed by atoms with Gasteiger partial charge in [0, 0.05) is 4.92 Å². The average Bonchev–Trinajstić information content (AvgIpc) is 2.46. The van der Waals surface area contributed by atoms with Gasteiger partial charge < -0.3 is 0 Å². The van der Waals surface area contributed by atoms with Crippen LogP contribution in [0.5, 0.6) is 0 Å². The summed E-state index contributed by atoms with van der Waals surface area (Å²) in [6, 6.07) is 3.43. The van der Waals surface area contributed by atoms with Crippen molar-refractivity contribution in [3.63, 3.8) is 0 Å². The Morgan fingerprint density at radius 3 is 1.87 bits per heavy atom. The summed E-state index contributed by atoms with van der Waals surface area (Å²) < 4.78 is 0. The Kier molecular flexibility index (Phi) is 3.74. The zero-order valence-electron chi connectivity index (χ0n) is 11.2. The topological polar surface area (TPSA) is 173 Å². The molecule has 0 saturated carbocycles. The Balaban J connectivity index is 2.84. The van der Waals surface area contributed by atoms with Gasteiger partial charge in [-0.25, -0.2) is 0 Å². The van der Waals surface area contributed by atoms with Gasteiger partial charge in [-0.3, -0.25) is 40.5 Å². The molecule has 0 fully saturated rings. The molecule has 0 radical (unpaired) electrons. The van der Waals surface area contributed by atoms with Crippen molar-refractivity contribution >= 4 is 6.08 Å². The summed E-state index contributed by atoms with van der Waals surface area (Å²) in [5.41, 5.74) is 0.0207. The fourth-order valence-corrected chi connectivity index (χ4v) is 2.61. The minimum atomic E-state index is -3.96.